The fraction of sp³-hybridized carbons (Fsp3) is 0.231. The van der Waals surface area contributed by atoms with Crippen LogP contribution in [0.1, 0.15) is 11.1 Å². The molecule has 0 saturated carbocycles. The van der Waals surface area contributed by atoms with Gasteiger partial charge in [0.15, 0.2) is 0 Å². The minimum atomic E-state index is 0.815. The van der Waals surface area contributed by atoms with E-state index in [9.17, 15) is 0 Å². The number of anilines is 3. The largest absolute Gasteiger partial charge is 0.373 e. The zero-order valence-electron chi connectivity index (χ0n) is 10.6. The van der Waals surface area contributed by atoms with Gasteiger partial charge in [0.1, 0.15) is 18.0 Å². The second-order valence-electron chi connectivity index (χ2n) is 3.98. The number of nitrogens with one attached hydrogen (secondary N) is 2. The lowest BCUT2D eigenvalue weighted by atomic mass is 10.2. The molecular formula is C13H15BrN4. The molecule has 0 fully saturated rings. The summed E-state index contributed by atoms with van der Waals surface area (Å²) in [5.41, 5.74) is 3.19. The second kappa shape index (κ2) is 5.35. The number of hydrogen-bond acceptors (Lipinski definition) is 4. The molecule has 2 rings (SSSR count). The molecule has 1 heterocycles. The molecule has 2 aromatic rings. The Labute approximate surface area is 115 Å². The van der Waals surface area contributed by atoms with E-state index in [2.05, 4.69) is 43.5 Å². The van der Waals surface area contributed by atoms with Gasteiger partial charge in [0.2, 0.25) is 0 Å². The highest BCUT2D eigenvalue weighted by Crippen LogP contribution is 2.28. The molecule has 0 unspecified atom stereocenters. The number of benzene rings is 1. The molecule has 18 heavy (non-hydrogen) atoms. The van der Waals surface area contributed by atoms with Gasteiger partial charge in [0.25, 0.3) is 0 Å². The van der Waals surface area contributed by atoms with Crippen LogP contribution in [0.4, 0.5) is 17.3 Å². The van der Waals surface area contributed by atoms with Gasteiger partial charge in [-0.15, -0.1) is 0 Å². The molecule has 0 aliphatic heterocycles. The van der Waals surface area contributed by atoms with Crippen LogP contribution in [0, 0.1) is 13.8 Å². The van der Waals surface area contributed by atoms with E-state index >= 15 is 0 Å². The van der Waals surface area contributed by atoms with Gasteiger partial charge in [-0.2, -0.15) is 0 Å². The van der Waals surface area contributed by atoms with E-state index < -0.39 is 0 Å². The normalized spacial score (nSPS) is 10.2. The van der Waals surface area contributed by atoms with E-state index in [0.29, 0.717) is 0 Å². The quantitative estimate of drug-likeness (QED) is 0.909. The van der Waals surface area contributed by atoms with Crippen molar-refractivity contribution in [3.8, 4) is 0 Å². The first-order valence-electron chi connectivity index (χ1n) is 5.65. The molecule has 4 nitrogen and oxygen atoms in total. The second-order valence-corrected chi connectivity index (χ2v) is 4.84. The van der Waals surface area contributed by atoms with Crippen LogP contribution in [0.5, 0.6) is 0 Å². The summed E-state index contributed by atoms with van der Waals surface area (Å²) >= 11 is 3.52. The number of hydrogen-bond donors (Lipinski definition) is 2. The van der Waals surface area contributed by atoms with Gasteiger partial charge in [-0.05, 0) is 31.5 Å². The van der Waals surface area contributed by atoms with Gasteiger partial charge in [-0.3, -0.25) is 0 Å². The van der Waals surface area contributed by atoms with Crippen molar-refractivity contribution in [2.24, 2.45) is 0 Å². The van der Waals surface area contributed by atoms with Gasteiger partial charge in [-0.25, -0.2) is 9.97 Å². The summed E-state index contributed by atoms with van der Waals surface area (Å²) in [7, 11) is 1.85. The Morgan fingerprint density at radius 2 is 1.78 bits per heavy atom. The summed E-state index contributed by atoms with van der Waals surface area (Å²) in [5.74, 6) is 1.65. The average Bonchev–Trinajstić information content (AvgIpc) is 2.37. The molecular weight excluding hydrogens is 292 g/mol. The molecule has 5 heteroatoms. The van der Waals surface area contributed by atoms with E-state index in [1.165, 1.54) is 0 Å². The lowest BCUT2D eigenvalue weighted by molar-refractivity contribution is 1.12. The monoisotopic (exact) mass is 306 g/mol. The van der Waals surface area contributed by atoms with Crippen molar-refractivity contribution in [2.45, 2.75) is 13.8 Å². The van der Waals surface area contributed by atoms with E-state index in [-0.39, 0.29) is 0 Å². The Bertz CT molecular complexity index is 569. The van der Waals surface area contributed by atoms with Crippen molar-refractivity contribution in [1.82, 2.24) is 9.97 Å². The maximum atomic E-state index is 4.28. The van der Waals surface area contributed by atoms with Crippen molar-refractivity contribution in [3.05, 3.63) is 40.1 Å². The molecule has 0 spiro atoms. The zero-order chi connectivity index (χ0) is 13.1. The maximum absolute atomic E-state index is 4.28. The van der Waals surface area contributed by atoms with Crippen LogP contribution >= 0.6 is 15.9 Å². The van der Waals surface area contributed by atoms with Gasteiger partial charge in [-0.1, -0.05) is 22.0 Å². The molecule has 0 aliphatic carbocycles. The Hall–Kier alpha value is -1.62. The molecule has 1 aromatic carbocycles. The highest BCUT2D eigenvalue weighted by Gasteiger charge is 2.08. The first kappa shape index (κ1) is 12.8. The SMILES string of the molecule is CNc1ncnc(Nc2cccc(Br)c2C)c1C. The zero-order valence-corrected chi connectivity index (χ0v) is 12.2. The van der Waals surface area contributed by atoms with E-state index in [4.69, 9.17) is 0 Å². The van der Waals surface area contributed by atoms with Crippen LogP contribution in [-0.4, -0.2) is 17.0 Å². The van der Waals surface area contributed by atoms with Crippen molar-refractivity contribution in [2.75, 3.05) is 17.7 Å². The Morgan fingerprint density at radius 3 is 2.50 bits per heavy atom. The summed E-state index contributed by atoms with van der Waals surface area (Å²) in [6.07, 6.45) is 1.55. The molecule has 94 valence electrons. The number of aromatic nitrogens is 2. The summed E-state index contributed by atoms with van der Waals surface area (Å²) in [5, 5.41) is 6.38. The molecule has 0 aliphatic rings. The third-order valence-electron chi connectivity index (χ3n) is 2.84. The molecule has 0 saturated heterocycles. The smallest absolute Gasteiger partial charge is 0.138 e. The van der Waals surface area contributed by atoms with E-state index in [1.54, 1.807) is 6.33 Å². The van der Waals surface area contributed by atoms with E-state index in [0.717, 1.165) is 32.9 Å². The Morgan fingerprint density at radius 1 is 1.06 bits per heavy atom. The standard InChI is InChI=1S/C13H15BrN4/c1-8-10(14)5-4-6-11(8)18-13-9(2)12(15-3)16-7-17-13/h4-7H,1-3H3,(H2,15,16,17,18). The van der Waals surface area contributed by atoms with Crippen LogP contribution in [-0.2, 0) is 0 Å². The minimum absolute atomic E-state index is 0.815. The fourth-order valence-corrected chi connectivity index (χ4v) is 2.06. The van der Waals surface area contributed by atoms with Crippen LogP contribution in [0.25, 0.3) is 0 Å². The summed E-state index contributed by atoms with van der Waals surface area (Å²) in [6.45, 7) is 4.05. The van der Waals surface area contributed by atoms with Crippen molar-refractivity contribution < 1.29 is 0 Å². The third kappa shape index (κ3) is 2.46. The number of nitrogens with zero attached hydrogens (tertiary/aromatic N) is 2. The number of halogens is 1. The summed E-state index contributed by atoms with van der Waals surface area (Å²) in [6, 6.07) is 6.04. The lowest BCUT2D eigenvalue weighted by Gasteiger charge is -2.13. The van der Waals surface area contributed by atoms with Gasteiger partial charge >= 0.3 is 0 Å². The molecule has 0 radical (unpaired) electrons. The Balaban J connectivity index is 2.37. The molecule has 0 atom stereocenters. The van der Waals surface area contributed by atoms with Crippen LogP contribution in [0.15, 0.2) is 29.0 Å². The Kier molecular flexibility index (Phi) is 3.81. The molecule has 2 N–H and O–H groups in total. The molecule has 0 amide bonds. The van der Waals surface area contributed by atoms with Crippen molar-refractivity contribution >= 4 is 33.3 Å². The summed E-state index contributed by atoms with van der Waals surface area (Å²) in [4.78, 5) is 8.44. The minimum Gasteiger partial charge on any atom is -0.373 e. The maximum Gasteiger partial charge on any atom is 0.138 e. The molecule has 0 bridgehead atoms. The molecule has 1 aromatic heterocycles. The lowest BCUT2D eigenvalue weighted by Crippen LogP contribution is -2.03. The van der Waals surface area contributed by atoms with Crippen LogP contribution in [0.2, 0.25) is 0 Å². The summed E-state index contributed by atoms with van der Waals surface area (Å²) < 4.78 is 1.08. The van der Waals surface area contributed by atoms with Gasteiger partial charge in [0.05, 0.1) is 0 Å². The first-order chi connectivity index (χ1) is 8.63. The van der Waals surface area contributed by atoms with Crippen molar-refractivity contribution in [3.63, 3.8) is 0 Å². The topological polar surface area (TPSA) is 49.8 Å². The van der Waals surface area contributed by atoms with Crippen molar-refractivity contribution in [1.29, 1.82) is 0 Å². The van der Waals surface area contributed by atoms with Gasteiger partial charge < -0.3 is 10.6 Å². The number of rotatable bonds is 3. The average molecular weight is 307 g/mol. The third-order valence-corrected chi connectivity index (χ3v) is 3.70. The van der Waals surface area contributed by atoms with E-state index in [1.807, 2.05) is 32.2 Å². The highest BCUT2D eigenvalue weighted by molar-refractivity contribution is 9.10. The fourth-order valence-electron chi connectivity index (χ4n) is 1.70. The predicted octanol–water partition coefficient (Wildman–Crippen LogP) is 3.64. The highest BCUT2D eigenvalue weighted by atomic mass is 79.9. The predicted molar refractivity (Wildman–Crippen MR) is 78.5 cm³/mol. The first-order valence-corrected chi connectivity index (χ1v) is 6.44. The van der Waals surface area contributed by atoms with Crippen LogP contribution in [0.3, 0.4) is 0 Å². The van der Waals surface area contributed by atoms with Crippen LogP contribution < -0.4 is 10.6 Å². The van der Waals surface area contributed by atoms with Gasteiger partial charge in [0, 0.05) is 22.8 Å².